The Bertz CT molecular complexity index is 434. The molecule has 1 atom stereocenters. The zero-order chi connectivity index (χ0) is 13.7. The van der Waals surface area contributed by atoms with Crippen LogP contribution < -0.4 is 10.2 Å². The van der Waals surface area contributed by atoms with E-state index in [1.54, 1.807) is 0 Å². The third-order valence-corrected chi connectivity index (χ3v) is 3.47. The molecule has 0 saturated carbocycles. The minimum absolute atomic E-state index is 0.0513. The molecular formula is C15H22N2O2. The monoisotopic (exact) mass is 262 g/mol. The second-order valence-electron chi connectivity index (χ2n) is 4.79. The van der Waals surface area contributed by atoms with Gasteiger partial charge in [0.25, 0.3) is 5.91 Å². The van der Waals surface area contributed by atoms with Crippen molar-refractivity contribution in [2.75, 3.05) is 31.7 Å². The van der Waals surface area contributed by atoms with Gasteiger partial charge >= 0.3 is 0 Å². The van der Waals surface area contributed by atoms with Gasteiger partial charge in [-0.2, -0.15) is 0 Å². The molecule has 104 valence electrons. The Balaban J connectivity index is 2.13. The highest BCUT2D eigenvalue weighted by Crippen LogP contribution is 2.33. The lowest BCUT2D eigenvalue weighted by Gasteiger charge is -2.34. The van der Waals surface area contributed by atoms with Gasteiger partial charge in [-0.05, 0) is 31.5 Å². The lowest BCUT2D eigenvalue weighted by atomic mass is 9.96. The fourth-order valence-electron chi connectivity index (χ4n) is 2.50. The van der Waals surface area contributed by atoms with Crippen LogP contribution in [-0.4, -0.2) is 32.7 Å². The molecule has 1 aliphatic rings. The Kier molecular flexibility index (Phi) is 4.93. The summed E-state index contributed by atoms with van der Waals surface area (Å²) in [5, 5.41) is 3.30. The number of para-hydroxylation sites is 1. The normalized spacial score (nSPS) is 18.2. The summed E-state index contributed by atoms with van der Waals surface area (Å²) in [4.78, 5) is 14.1. The van der Waals surface area contributed by atoms with E-state index in [2.05, 4.69) is 11.4 Å². The number of carbonyl (C=O) groups is 1. The minimum atomic E-state index is 0.0513. The highest BCUT2D eigenvalue weighted by Gasteiger charge is 2.27. The van der Waals surface area contributed by atoms with E-state index in [1.807, 2.05) is 37.1 Å². The average Bonchev–Trinajstić information content (AvgIpc) is 2.46. The van der Waals surface area contributed by atoms with Gasteiger partial charge in [0.1, 0.15) is 6.61 Å². The first-order chi connectivity index (χ1) is 9.27. The third-order valence-electron chi connectivity index (χ3n) is 3.47. The molecule has 0 fully saturated rings. The van der Waals surface area contributed by atoms with Crippen molar-refractivity contribution in [3.8, 4) is 0 Å². The Labute approximate surface area is 114 Å². The van der Waals surface area contributed by atoms with E-state index < -0.39 is 0 Å². The topological polar surface area (TPSA) is 41.6 Å². The zero-order valence-corrected chi connectivity index (χ0v) is 11.7. The molecular weight excluding hydrogens is 240 g/mol. The maximum Gasteiger partial charge on any atom is 0.252 e. The van der Waals surface area contributed by atoms with Gasteiger partial charge in [0, 0.05) is 24.9 Å². The number of carbonyl (C=O) groups excluding carboxylic acids is 1. The molecule has 0 bridgehead atoms. The maximum absolute atomic E-state index is 12.2. The summed E-state index contributed by atoms with van der Waals surface area (Å²) < 4.78 is 5.36. The molecule has 0 aromatic heterocycles. The van der Waals surface area contributed by atoms with E-state index >= 15 is 0 Å². The molecule has 19 heavy (non-hydrogen) atoms. The fourth-order valence-corrected chi connectivity index (χ4v) is 2.50. The molecule has 1 heterocycles. The van der Waals surface area contributed by atoms with Gasteiger partial charge in [-0.15, -0.1) is 0 Å². The van der Waals surface area contributed by atoms with Crippen molar-refractivity contribution in [1.82, 2.24) is 5.32 Å². The van der Waals surface area contributed by atoms with Crippen molar-refractivity contribution in [3.63, 3.8) is 0 Å². The number of rotatable bonds is 5. The molecule has 1 unspecified atom stereocenters. The number of anilines is 1. The fraction of sp³-hybridized carbons (Fsp3) is 0.533. The Morgan fingerprint density at radius 3 is 3.00 bits per heavy atom. The van der Waals surface area contributed by atoms with Crippen molar-refractivity contribution >= 4 is 11.6 Å². The zero-order valence-electron chi connectivity index (χ0n) is 11.7. The number of ether oxygens (including phenoxy) is 1. The number of hydrogen-bond acceptors (Lipinski definition) is 3. The van der Waals surface area contributed by atoms with E-state index in [-0.39, 0.29) is 12.5 Å². The van der Waals surface area contributed by atoms with Crippen molar-refractivity contribution < 1.29 is 9.53 Å². The van der Waals surface area contributed by atoms with Gasteiger partial charge in [0.05, 0.1) is 0 Å². The first kappa shape index (κ1) is 14.0. The van der Waals surface area contributed by atoms with Crippen LogP contribution in [0.1, 0.15) is 31.4 Å². The molecule has 4 nitrogen and oxygen atoms in total. The average molecular weight is 262 g/mol. The van der Waals surface area contributed by atoms with Gasteiger partial charge in [0.2, 0.25) is 0 Å². The molecule has 4 heteroatoms. The first-order valence-electron chi connectivity index (χ1n) is 6.92. The molecule has 1 aromatic carbocycles. The number of nitrogens with zero attached hydrogens (tertiary/aromatic N) is 1. The van der Waals surface area contributed by atoms with Crippen LogP contribution in [0.3, 0.4) is 0 Å². The second-order valence-corrected chi connectivity index (χ2v) is 4.79. The summed E-state index contributed by atoms with van der Waals surface area (Å²) in [7, 11) is 1.96. The molecule has 0 spiro atoms. The van der Waals surface area contributed by atoms with Crippen LogP contribution in [0.4, 0.5) is 5.69 Å². The maximum atomic E-state index is 12.2. The van der Waals surface area contributed by atoms with E-state index in [4.69, 9.17) is 4.74 Å². The predicted molar refractivity (Wildman–Crippen MR) is 76.3 cm³/mol. The van der Waals surface area contributed by atoms with Crippen LogP contribution in [-0.2, 0) is 9.53 Å². The summed E-state index contributed by atoms with van der Waals surface area (Å²) in [5.74, 6) is 0.0513. The van der Waals surface area contributed by atoms with Crippen molar-refractivity contribution in [2.45, 2.75) is 25.8 Å². The molecule has 1 N–H and O–H groups in total. The highest BCUT2D eigenvalue weighted by atomic mass is 16.5. The van der Waals surface area contributed by atoms with E-state index in [9.17, 15) is 4.79 Å². The summed E-state index contributed by atoms with van der Waals surface area (Å²) in [6.45, 7) is 3.60. The van der Waals surface area contributed by atoms with Crippen LogP contribution in [0, 0.1) is 0 Å². The minimum Gasteiger partial charge on any atom is -0.372 e. The molecule has 2 rings (SSSR count). The summed E-state index contributed by atoms with van der Waals surface area (Å²) in [5.41, 5.74) is 2.21. The first-order valence-corrected chi connectivity index (χ1v) is 6.92. The van der Waals surface area contributed by atoms with Gasteiger partial charge in [-0.1, -0.05) is 25.1 Å². The molecule has 1 aromatic rings. The molecule has 0 radical (unpaired) electrons. The molecule has 0 aliphatic carbocycles. The summed E-state index contributed by atoms with van der Waals surface area (Å²) >= 11 is 0. The second kappa shape index (κ2) is 6.68. The van der Waals surface area contributed by atoms with Gasteiger partial charge in [-0.3, -0.25) is 4.79 Å². The van der Waals surface area contributed by atoms with E-state index in [0.29, 0.717) is 12.6 Å². The molecule has 1 amide bonds. The van der Waals surface area contributed by atoms with E-state index in [0.717, 1.165) is 25.1 Å². The number of fused-ring (bicyclic) bond motifs is 1. The van der Waals surface area contributed by atoms with Crippen LogP contribution in [0.2, 0.25) is 0 Å². The summed E-state index contributed by atoms with van der Waals surface area (Å²) in [6, 6.07) is 8.42. The predicted octanol–water partition coefficient (Wildman–Crippen LogP) is 2.11. The van der Waals surface area contributed by atoms with E-state index in [1.165, 1.54) is 5.56 Å². The van der Waals surface area contributed by atoms with Crippen molar-refractivity contribution in [3.05, 3.63) is 29.8 Å². The van der Waals surface area contributed by atoms with Crippen LogP contribution in [0.25, 0.3) is 0 Å². The summed E-state index contributed by atoms with van der Waals surface area (Å²) in [6.07, 6.45) is 1.87. The quantitative estimate of drug-likeness (QED) is 0.826. The molecule has 1 aliphatic heterocycles. The standard InChI is InChI=1S/C15H22N2O2/c1-3-10-19-11-15(18)17-9-8-13(16-2)12-6-4-5-7-14(12)17/h4-7,13,16H,3,8-11H2,1-2H3. The Hall–Kier alpha value is -1.39. The largest absolute Gasteiger partial charge is 0.372 e. The Morgan fingerprint density at radius 2 is 2.26 bits per heavy atom. The highest BCUT2D eigenvalue weighted by molar-refractivity contribution is 5.95. The van der Waals surface area contributed by atoms with Gasteiger partial charge in [0.15, 0.2) is 0 Å². The van der Waals surface area contributed by atoms with Crippen molar-refractivity contribution in [2.24, 2.45) is 0 Å². The van der Waals surface area contributed by atoms with Gasteiger partial charge in [-0.25, -0.2) is 0 Å². The van der Waals surface area contributed by atoms with Crippen LogP contribution >= 0.6 is 0 Å². The third kappa shape index (κ3) is 3.14. The van der Waals surface area contributed by atoms with Crippen molar-refractivity contribution in [1.29, 1.82) is 0 Å². The number of amides is 1. The number of hydrogen-bond donors (Lipinski definition) is 1. The lowest BCUT2D eigenvalue weighted by Crippen LogP contribution is -2.40. The van der Waals surface area contributed by atoms with Crippen LogP contribution in [0.15, 0.2) is 24.3 Å². The Morgan fingerprint density at radius 1 is 1.47 bits per heavy atom. The lowest BCUT2D eigenvalue weighted by molar-refractivity contribution is -0.123. The number of nitrogens with one attached hydrogen (secondary N) is 1. The number of benzene rings is 1. The molecule has 0 saturated heterocycles. The smallest absolute Gasteiger partial charge is 0.252 e. The van der Waals surface area contributed by atoms with Gasteiger partial charge < -0.3 is 15.0 Å². The van der Waals surface area contributed by atoms with Crippen LogP contribution in [0.5, 0.6) is 0 Å². The SMILES string of the molecule is CCCOCC(=O)N1CCC(NC)c2ccccc21.